The molecule has 0 saturated carbocycles. The molecule has 0 unspecified atom stereocenters. The van der Waals surface area contributed by atoms with Crippen LogP contribution in [0.1, 0.15) is 63.1 Å². The van der Waals surface area contributed by atoms with E-state index < -0.39 is 0 Å². The molecular formula is C26H34N4O2S. The van der Waals surface area contributed by atoms with Gasteiger partial charge in [-0.3, -0.25) is 4.79 Å². The second-order valence-corrected chi connectivity index (χ2v) is 9.09. The molecule has 0 bridgehead atoms. The lowest BCUT2D eigenvalue weighted by Crippen LogP contribution is -2.17. The van der Waals surface area contributed by atoms with Crippen LogP contribution in [-0.2, 0) is 30.8 Å². The van der Waals surface area contributed by atoms with Crippen LogP contribution in [0.25, 0.3) is 0 Å². The van der Waals surface area contributed by atoms with E-state index in [-0.39, 0.29) is 11.7 Å². The lowest BCUT2D eigenvalue weighted by Gasteiger charge is -2.14. The Morgan fingerprint density at radius 1 is 1.03 bits per heavy atom. The minimum atomic E-state index is -0.0377. The minimum Gasteiger partial charge on any atom is -0.486 e. The lowest BCUT2D eigenvalue weighted by molar-refractivity contribution is -0.113. The molecular weight excluding hydrogens is 432 g/mol. The van der Waals surface area contributed by atoms with Crippen LogP contribution in [0.3, 0.4) is 0 Å². The van der Waals surface area contributed by atoms with Gasteiger partial charge in [0.05, 0.1) is 5.75 Å². The van der Waals surface area contributed by atoms with Crippen LogP contribution in [0.4, 0.5) is 5.69 Å². The van der Waals surface area contributed by atoms with Gasteiger partial charge in [0.1, 0.15) is 12.4 Å². The number of ether oxygens (including phenoxy) is 1. The summed E-state index contributed by atoms with van der Waals surface area (Å²) in [4.78, 5) is 12.7. The molecule has 3 aromatic rings. The lowest BCUT2D eigenvalue weighted by atomic mass is 10.0. The van der Waals surface area contributed by atoms with Gasteiger partial charge in [-0.1, -0.05) is 69.8 Å². The van der Waals surface area contributed by atoms with Crippen LogP contribution < -0.4 is 10.1 Å². The Labute approximate surface area is 201 Å². The van der Waals surface area contributed by atoms with Crippen molar-refractivity contribution in [2.45, 2.75) is 71.7 Å². The third-order valence-electron chi connectivity index (χ3n) is 5.62. The molecule has 2 aromatic carbocycles. The highest BCUT2D eigenvalue weighted by molar-refractivity contribution is 7.99. The van der Waals surface area contributed by atoms with Crippen LogP contribution in [0.15, 0.2) is 47.6 Å². The van der Waals surface area contributed by atoms with Crippen molar-refractivity contribution in [3.8, 4) is 5.75 Å². The van der Waals surface area contributed by atoms with Gasteiger partial charge in [0.15, 0.2) is 11.0 Å². The maximum atomic E-state index is 12.7. The summed E-state index contributed by atoms with van der Waals surface area (Å²) in [6.07, 6.45) is 1.76. The van der Waals surface area contributed by atoms with E-state index >= 15 is 0 Å². The number of amides is 1. The Morgan fingerprint density at radius 3 is 2.27 bits per heavy atom. The summed E-state index contributed by atoms with van der Waals surface area (Å²) in [5.41, 5.74) is 4.54. The molecule has 1 N–H and O–H groups in total. The summed E-state index contributed by atoms with van der Waals surface area (Å²) in [6.45, 7) is 11.6. The predicted octanol–water partition coefficient (Wildman–Crippen LogP) is 5.86. The third-order valence-corrected chi connectivity index (χ3v) is 6.59. The Kier molecular flexibility index (Phi) is 8.95. The van der Waals surface area contributed by atoms with Crippen LogP contribution in [0.2, 0.25) is 0 Å². The van der Waals surface area contributed by atoms with Crippen LogP contribution in [0.5, 0.6) is 5.75 Å². The molecule has 0 aliphatic heterocycles. The summed E-state index contributed by atoms with van der Waals surface area (Å²) >= 11 is 1.40. The van der Waals surface area contributed by atoms with Gasteiger partial charge in [0, 0.05) is 12.2 Å². The number of anilines is 1. The molecule has 3 rings (SSSR count). The molecule has 0 spiro atoms. The largest absolute Gasteiger partial charge is 0.486 e. The molecule has 0 aliphatic carbocycles. The number of carbonyl (C=O) groups is 1. The molecule has 0 radical (unpaired) electrons. The van der Waals surface area contributed by atoms with Gasteiger partial charge in [-0.25, -0.2) is 0 Å². The Balaban J connectivity index is 1.60. The van der Waals surface area contributed by atoms with Gasteiger partial charge in [0.25, 0.3) is 0 Å². The van der Waals surface area contributed by atoms with E-state index in [9.17, 15) is 4.79 Å². The zero-order valence-electron chi connectivity index (χ0n) is 20.2. The predicted molar refractivity (Wildman–Crippen MR) is 135 cm³/mol. The maximum absolute atomic E-state index is 12.7. The van der Waals surface area contributed by atoms with E-state index in [1.807, 2.05) is 29.7 Å². The Morgan fingerprint density at radius 2 is 1.70 bits per heavy atom. The number of thioether (sulfide) groups is 1. The molecule has 176 valence electrons. The normalized spacial score (nSPS) is 11.1. The highest BCUT2D eigenvalue weighted by Gasteiger charge is 2.15. The topological polar surface area (TPSA) is 69.0 Å². The van der Waals surface area contributed by atoms with Crippen molar-refractivity contribution in [2.75, 3.05) is 11.1 Å². The highest BCUT2D eigenvalue weighted by Crippen LogP contribution is 2.24. The fourth-order valence-electron chi connectivity index (χ4n) is 3.66. The molecule has 1 heterocycles. The number of benzene rings is 2. The van der Waals surface area contributed by atoms with E-state index in [4.69, 9.17) is 4.74 Å². The molecule has 1 aromatic heterocycles. The van der Waals surface area contributed by atoms with Crippen molar-refractivity contribution < 1.29 is 9.53 Å². The number of carbonyl (C=O) groups excluding carboxylic acids is 1. The number of nitrogens with one attached hydrogen (secondary N) is 1. The standard InChI is InChI=1S/C26H34N4O2S/c1-6-19-10-9-11-20(7-2)25(19)27-24(31)17-33-26-29-28-23(30(26)8-3)16-32-22-14-12-21(13-15-22)18(4)5/h9-15,18H,6-8,16-17H2,1-5H3,(H,27,31). The summed E-state index contributed by atoms with van der Waals surface area (Å²) in [7, 11) is 0. The van der Waals surface area contributed by atoms with E-state index in [1.165, 1.54) is 17.3 Å². The van der Waals surface area contributed by atoms with Crippen molar-refractivity contribution in [1.82, 2.24) is 14.8 Å². The van der Waals surface area contributed by atoms with Gasteiger partial charge >= 0.3 is 0 Å². The molecule has 0 atom stereocenters. The average molecular weight is 467 g/mol. The van der Waals surface area contributed by atoms with Gasteiger partial charge in [0.2, 0.25) is 5.91 Å². The van der Waals surface area contributed by atoms with E-state index in [2.05, 4.69) is 67.5 Å². The summed E-state index contributed by atoms with van der Waals surface area (Å²) < 4.78 is 7.92. The molecule has 0 saturated heterocycles. The quantitative estimate of drug-likeness (QED) is 0.359. The summed E-state index contributed by atoms with van der Waals surface area (Å²) in [6, 6.07) is 14.3. The molecule has 0 aliphatic rings. The van der Waals surface area contributed by atoms with Crippen molar-refractivity contribution >= 4 is 23.4 Å². The molecule has 33 heavy (non-hydrogen) atoms. The van der Waals surface area contributed by atoms with Crippen LogP contribution in [-0.4, -0.2) is 26.4 Å². The Hall–Kier alpha value is -2.80. The van der Waals surface area contributed by atoms with Gasteiger partial charge in [-0.05, 0) is 54.5 Å². The van der Waals surface area contributed by atoms with E-state index in [0.717, 1.165) is 46.4 Å². The number of hydrogen-bond donors (Lipinski definition) is 1. The van der Waals surface area contributed by atoms with Gasteiger partial charge < -0.3 is 14.6 Å². The van der Waals surface area contributed by atoms with E-state index in [0.29, 0.717) is 19.1 Å². The van der Waals surface area contributed by atoms with Crippen molar-refractivity contribution in [1.29, 1.82) is 0 Å². The summed E-state index contributed by atoms with van der Waals surface area (Å²) in [5.74, 6) is 2.28. The number of aromatic nitrogens is 3. The first-order valence-corrected chi connectivity index (χ1v) is 12.6. The fraction of sp³-hybridized carbons (Fsp3) is 0.423. The SMILES string of the molecule is CCc1cccc(CC)c1NC(=O)CSc1nnc(COc2ccc(C(C)C)cc2)n1CC. The first kappa shape index (κ1) is 24.8. The van der Waals surface area contributed by atoms with E-state index in [1.54, 1.807) is 0 Å². The van der Waals surface area contributed by atoms with Crippen molar-refractivity contribution in [2.24, 2.45) is 0 Å². The second-order valence-electron chi connectivity index (χ2n) is 8.15. The molecule has 6 nitrogen and oxygen atoms in total. The number of para-hydroxylation sites is 1. The van der Waals surface area contributed by atoms with Crippen molar-refractivity contribution in [3.63, 3.8) is 0 Å². The second kappa shape index (κ2) is 11.9. The zero-order chi connectivity index (χ0) is 23.8. The summed E-state index contributed by atoms with van der Waals surface area (Å²) in [5, 5.41) is 12.4. The smallest absolute Gasteiger partial charge is 0.234 e. The Bertz CT molecular complexity index is 1040. The number of rotatable bonds is 11. The first-order valence-electron chi connectivity index (χ1n) is 11.6. The maximum Gasteiger partial charge on any atom is 0.234 e. The average Bonchev–Trinajstić information content (AvgIpc) is 3.23. The third kappa shape index (κ3) is 6.38. The van der Waals surface area contributed by atoms with Gasteiger partial charge in [-0.15, -0.1) is 10.2 Å². The molecule has 1 amide bonds. The van der Waals surface area contributed by atoms with Crippen molar-refractivity contribution in [3.05, 3.63) is 65.0 Å². The monoisotopic (exact) mass is 466 g/mol. The minimum absolute atomic E-state index is 0.0377. The van der Waals surface area contributed by atoms with Gasteiger partial charge in [-0.2, -0.15) is 0 Å². The number of aryl methyl sites for hydroxylation is 2. The zero-order valence-corrected chi connectivity index (χ0v) is 21.0. The number of hydrogen-bond acceptors (Lipinski definition) is 5. The fourth-order valence-corrected chi connectivity index (χ4v) is 4.48. The van der Waals surface area contributed by atoms with Crippen LogP contribution >= 0.6 is 11.8 Å². The van der Waals surface area contributed by atoms with Crippen LogP contribution in [0, 0.1) is 0 Å². The highest BCUT2D eigenvalue weighted by atomic mass is 32.2. The molecule has 7 heteroatoms. The number of nitrogens with zero attached hydrogens (tertiary/aromatic N) is 3. The molecule has 0 fully saturated rings. The first-order chi connectivity index (χ1) is 16.0.